The summed E-state index contributed by atoms with van der Waals surface area (Å²) in [6, 6.07) is 16.6. The highest BCUT2D eigenvalue weighted by Crippen LogP contribution is 2.30. The van der Waals surface area contributed by atoms with Crippen molar-refractivity contribution >= 4 is 33.1 Å². The molecule has 0 aliphatic carbocycles. The van der Waals surface area contributed by atoms with Crippen molar-refractivity contribution in [3.8, 4) is 11.1 Å². The molecule has 0 atom stereocenters. The molecule has 1 amide bonds. The number of nitrogens with zero attached hydrogens (tertiary/aromatic N) is 4. The maximum absolute atomic E-state index is 13.3. The zero-order chi connectivity index (χ0) is 23.7. The Morgan fingerprint density at radius 2 is 1.76 bits per heavy atom. The van der Waals surface area contributed by atoms with Crippen LogP contribution in [0.15, 0.2) is 65.0 Å². The number of anilines is 1. The molecule has 1 aliphatic heterocycles. The summed E-state index contributed by atoms with van der Waals surface area (Å²) in [6.45, 7) is 7.50. The Bertz CT molecular complexity index is 1380. The molecular weight excluding hydrogens is 444 g/mol. The van der Waals surface area contributed by atoms with Gasteiger partial charge in [-0.1, -0.05) is 42.0 Å². The highest BCUT2D eigenvalue weighted by molar-refractivity contribution is 7.17. The number of aryl methyl sites for hydroxylation is 3. The number of carbonyl (C=O) groups is 1. The molecule has 0 bridgehead atoms. The third kappa shape index (κ3) is 4.48. The molecule has 0 spiro atoms. The van der Waals surface area contributed by atoms with Crippen LogP contribution >= 0.6 is 11.3 Å². The summed E-state index contributed by atoms with van der Waals surface area (Å²) in [5.41, 5.74) is 5.46. The van der Waals surface area contributed by atoms with Gasteiger partial charge in [0.1, 0.15) is 4.83 Å². The molecule has 0 saturated carbocycles. The molecule has 2 aromatic carbocycles. The first-order valence-electron chi connectivity index (χ1n) is 11.6. The average Bonchev–Trinajstić information content (AvgIpc) is 3.29. The van der Waals surface area contributed by atoms with E-state index in [4.69, 9.17) is 0 Å². The van der Waals surface area contributed by atoms with Crippen LogP contribution in [0, 0.1) is 13.8 Å². The summed E-state index contributed by atoms with van der Waals surface area (Å²) >= 11 is 1.48. The van der Waals surface area contributed by atoms with Crippen LogP contribution in [0.2, 0.25) is 0 Å². The molecule has 34 heavy (non-hydrogen) atoms. The van der Waals surface area contributed by atoms with Crippen LogP contribution in [0.5, 0.6) is 0 Å². The van der Waals surface area contributed by atoms with Crippen molar-refractivity contribution in [3.63, 3.8) is 0 Å². The predicted octanol–water partition coefficient (Wildman–Crippen LogP) is 4.48. The van der Waals surface area contributed by atoms with Crippen LogP contribution < -0.4 is 10.5 Å². The molecule has 4 aromatic rings. The number of benzene rings is 2. The Balaban J connectivity index is 1.26. The van der Waals surface area contributed by atoms with E-state index in [1.54, 1.807) is 10.9 Å². The van der Waals surface area contributed by atoms with Crippen molar-refractivity contribution in [3.05, 3.63) is 81.7 Å². The van der Waals surface area contributed by atoms with Crippen molar-refractivity contribution in [2.75, 3.05) is 31.1 Å². The first kappa shape index (κ1) is 22.3. The summed E-state index contributed by atoms with van der Waals surface area (Å²) in [7, 11) is 0. The normalized spacial score (nSPS) is 14.1. The Morgan fingerprint density at radius 3 is 2.50 bits per heavy atom. The van der Waals surface area contributed by atoms with Gasteiger partial charge >= 0.3 is 0 Å². The second-order valence-corrected chi connectivity index (χ2v) is 9.75. The van der Waals surface area contributed by atoms with Gasteiger partial charge in [-0.25, -0.2) is 4.98 Å². The van der Waals surface area contributed by atoms with E-state index in [0.29, 0.717) is 31.4 Å². The molecule has 1 fully saturated rings. The van der Waals surface area contributed by atoms with Crippen molar-refractivity contribution in [2.24, 2.45) is 0 Å². The standard InChI is InChI=1S/C27H28N4O2S/c1-19-6-8-21(9-7-19)23-17-34-26-25(23)27(33)31(18-28-26)11-10-24(32)30-14-12-29(13-15-30)22-5-3-4-20(2)16-22/h3-9,16-18H,10-15H2,1-2H3. The van der Waals surface area contributed by atoms with Crippen molar-refractivity contribution in [1.82, 2.24) is 14.5 Å². The molecule has 0 unspecified atom stereocenters. The Morgan fingerprint density at radius 1 is 1.00 bits per heavy atom. The molecule has 0 radical (unpaired) electrons. The van der Waals surface area contributed by atoms with E-state index in [1.165, 1.54) is 28.2 Å². The summed E-state index contributed by atoms with van der Waals surface area (Å²) < 4.78 is 1.58. The van der Waals surface area contributed by atoms with Gasteiger partial charge < -0.3 is 9.80 Å². The van der Waals surface area contributed by atoms with Gasteiger partial charge in [-0.05, 0) is 37.1 Å². The number of hydrogen-bond donors (Lipinski definition) is 0. The lowest BCUT2D eigenvalue weighted by Crippen LogP contribution is -2.49. The van der Waals surface area contributed by atoms with Crippen molar-refractivity contribution in [2.45, 2.75) is 26.8 Å². The highest BCUT2D eigenvalue weighted by atomic mass is 32.1. The third-order valence-corrected chi connectivity index (χ3v) is 7.38. The van der Waals surface area contributed by atoms with E-state index in [2.05, 4.69) is 41.1 Å². The fraction of sp³-hybridized carbons (Fsp3) is 0.296. The fourth-order valence-electron chi connectivity index (χ4n) is 4.49. The lowest BCUT2D eigenvalue weighted by Gasteiger charge is -2.36. The van der Waals surface area contributed by atoms with Crippen LogP contribution in [0.1, 0.15) is 17.5 Å². The molecule has 6 nitrogen and oxygen atoms in total. The van der Waals surface area contributed by atoms with Crippen LogP contribution in [-0.4, -0.2) is 46.5 Å². The van der Waals surface area contributed by atoms with Crippen LogP contribution in [0.3, 0.4) is 0 Å². The van der Waals surface area contributed by atoms with Crippen LogP contribution in [-0.2, 0) is 11.3 Å². The largest absolute Gasteiger partial charge is 0.368 e. The molecule has 3 heterocycles. The maximum atomic E-state index is 13.3. The molecule has 5 rings (SSSR count). The fourth-order valence-corrected chi connectivity index (χ4v) is 5.39. The Kier molecular flexibility index (Phi) is 6.20. The minimum absolute atomic E-state index is 0.0833. The number of piperazine rings is 1. The monoisotopic (exact) mass is 472 g/mol. The van der Waals surface area contributed by atoms with Gasteiger partial charge in [-0.3, -0.25) is 14.2 Å². The molecule has 1 saturated heterocycles. The highest BCUT2D eigenvalue weighted by Gasteiger charge is 2.22. The predicted molar refractivity (Wildman–Crippen MR) is 139 cm³/mol. The number of fused-ring (bicyclic) bond motifs is 1. The van der Waals surface area contributed by atoms with Gasteiger partial charge in [0.2, 0.25) is 5.91 Å². The first-order chi connectivity index (χ1) is 16.5. The Labute approximate surface area is 203 Å². The minimum Gasteiger partial charge on any atom is -0.368 e. The van der Waals surface area contributed by atoms with Gasteiger partial charge in [-0.15, -0.1) is 11.3 Å². The number of aromatic nitrogens is 2. The molecule has 0 N–H and O–H groups in total. The number of thiophene rings is 1. The zero-order valence-corrected chi connectivity index (χ0v) is 20.3. The molecule has 2 aromatic heterocycles. The van der Waals surface area contributed by atoms with Gasteiger partial charge in [0.15, 0.2) is 0 Å². The van der Waals surface area contributed by atoms with Crippen molar-refractivity contribution < 1.29 is 4.79 Å². The lowest BCUT2D eigenvalue weighted by molar-refractivity contribution is -0.131. The topological polar surface area (TPSA) is 58.4 Å². The summed E-state index contributed by atoms with van der Waals surface area (Å²) in [6.07, 6.45) is 1.87. The first-order valence-corrected chi connectivity index (χ1v) is 12.5. The quantitative estimate of drug-likeness (QED) is 0.430. The van der Waals surface area contributed by atoms with Gasteiger partial charge in [0, 0.05) is 55.8 Å². The van der Waals surface area contributed by atoms with Crippen molar-refractivity contribution in [1.29, 1.82) is 0 Å². The van der Waals surface area contributed by atoms with E-state index in [9.17, 15) is 9.59 Å². The molecule has 7 heteroatoms. The number of hydrogen-bond acceptors (Lipinski definition) is 5. The SMILES string of the molecule is Cc1ccc(-c2csc3ncn(CCC(=O)N4CCN(c5cccc(C)c5)CC4)c(=O)c23)cc1. The van der Waals surface area contributed by atoms with Gasteiger partial charge in [-0.2, -0.15) is 0 Å². The molecular formula is C27H28N4O2S. The van der Waals surface area contributed by atoms with Gasteiger partial charge in [0.05, 0.1) is 11.7 Å². The summed E-state index contributed by atoms with van der Waals surface area (Å²) in [5, 5.41) is 2.63. The maximum Gasteiger partial charge on any atom is 0.262 e. The summed E-state index contributed by atoms with van der Waals surface area (Å²) in [5.74, 6) is 0.0833. The van der Waals surface area contributed by atoms with Crippen LogP contribution in [0.25, 0.3) is 21.3 Å². The van der Waals surface area contributed by atoms with E-state index in [1.807, 2.05) is 41.5 Å². The number of amides is 1. The molecule has 1 aliphatic rings. The minimum atomic E-state index is -0.0844. The lowest BCUT2D eigenvalue weighted by atomic mass is 10.1. The average molecular weight is 473 g/mol. The Hall–Kier alpha value is -3.45. The van der Waals surface area contributed by atoms with E-state index < -0.39 is 0 Å². The van der Waals surface area contributed by atoms with E-state index in [0.717, 1.165) is 29.0 Å². The summed E-state index contributed by atoms with van der Waals surface area (Å²) in [4.78, 5) is 35.6. The van der Waals surface area contributed by atoms with E-state index >= 15 is 0 Å². The number of rotatable bonds is 5. The third-order valence-electron chi connectivity index (χ3n) is 6.49. The van der Waals surface area contributed by atoms with Gasteiger partial charge in [0.25, 0.3) is 5.56 Å². The molecule has 174 valence electrons. The van der Waals surface area contributed by atoms with E-state index in [-0.39, 0.29) is 11.5 Å². The smallest absolute Gasteiger partial charge is 0.262 e. The zero-order valence-electron chi connectivity index (χ0n) is 19.5. The number of carbonyl (C=O) groups excluding carboxylic acids is 1. The second kappa shape index (κ2) is 9.43. The van der Waals surface area contributed by atoms with Crippen LogP contribution in [0.4, 0.5) is 5.69 Å². The second-order valence-electron chi connectivity index (χ2n) is 8.90.